The topological polar surface area (TPSA) is 35.2 Å². The van der Waals surface area contributed by atoms with E-state index in [1.807, 2.05) is 13.8 Å². The highest BCUT2D eigenvalue weighted by Gasteiger charge is 2.23. The summed E-state index contributed by atoms with van der Waals surface area (Å²) in [5, 5.41) is 0. The summed E-state index contributed by atoms with van der Waals surface area (Å²) in [7, 11) is 0. The van der Waals surface area contributed by atoms with E-state index in [-0.39, 0.29) is 11.1 Å². The van der Waals surface area contributed by atoms with Crippen molar-refractivity contribution in [3.05, 3.63) is 0 Å². The smallest absolute Gasteiger partial charge is 0.0649 e. The summed E-state index contributed by atoms with van der Waals surface area (Å²) in [6.07, 6.45) is 0.906. The molecule has 0 aliphatic rings. The van der Waals surface area contributed by atoms with Crippen molar-refractivity contribution in [1.29, 1.82) is 0 Å². The van der Waals surface area contributed by atoms with Crippen LogP contribution in [0.2, 0.25) is 0 Å². The minimum atomic E-state index is -0.118. The van der Waals surface area contributed by atoms with E-state index in [4.69, 9.17) is 10.5 Å². The second-order valence-corrected chi connectivity index (χ2v) is 5.35. The maximum absolute atomic E-state index is 5.86. The van der Waals surface area contributed by atoms with Gasteiger partial charge in [0.2, 0.25) is 0 Å². The summed E-state index contributed by atoms with van der Waals surface area (Å²) in [5.41, 5.74) is 5.71. The summed E-state index contributed by atoms with van der Waals surface area (Å²) < 4.78 is 5.79. The van der Waals surface area contributed by atoms with Crippen LogP contribution in [-0.2, 0) is 4.74 Å². The molecule has 0 saturated carbocycles. The molecule has 0 radical (unpaired) electrons. The number of nitrogens with two attached hydrogens (primary N) is 1. The Morgan fingerprint density at radius 3 is 1.92 bits per heavy atom. The Labute approximate surface area is 82.8 Å². The first kappa shape index (κ1) is 12.9. The van der Waals surface area contributed by atoms with Gasteiger partial charge in [0, 0.05) is 12.1 Å². The van der Waals surface area contributed by atoms with Crippen LogP contribution in [0.3, 0.4) is 0 Å². The van der Waals surface area contributed by atoms with Gasteiger partial charge < -0.3 is 10.5 Å². The fraction of sp³-hybridized carbons (Fsp3) is 1.00. The molecule has 13 heavy (non-hydrogen) atoms. The Hall–Kier alpha value is -0.0800. The highest BCUT2D eigenvalue weighted by atomic mass is 16.5. The van der Waals surface area contributed by atoms with Gasteiger partial charge in [-0.1, -0.05) is 13.8 Å². The van der Waals surface area contributed by atoms with Crippen molar-refractivity contribution >= 4 is 0 Å². The predicted molar refractivity (Wildman–Crippen MR) is 57.8 cm³/mol. The standard InChI is InChI=1S/C11H25NO/c1-9(2)11(5,6)13-8-7-10(3,4)12/h9H,7-8,12H2,1-6H3. The summed E-state index contributed by atoms with van der Waals surface area (Å²) in [6, 6.07) is 0. The van der Waals surface area contributed by atoms with E-state index in [1.165, 1.54) is 0 Å². The zero-order chi connectivity index (χ0) is 10.7. The van der Waals surface area contributed by atoms with Gasteiger partial charge in [-0.2, -0.15) is 0 Å². The van der Waals surface area contributed by atoms with Gasteiger partial charge in [0.25, 0.3) is 0 Å². The molecule has 0 heterocycles. The largest absolute Gasteiger partial charge is 0.375 e. The average molecular weight is 187 g/mol. The third-order valence-corrected chi connectivity index (χ3v) is 2.61. The molecular weight excluding hydrogens is 162 g/mol. The molecule has 0 bridgehead atoms. The zero-order valence-electron chi connectivity index (χ0n) is 9.98. The predicted octanol–water partition coefficient (Wildman–Crippen LogP) is 2.57. The van der Waals surface area contributed by atoms with Crippen LogP contribution in [0.25, 0.3) is 0 Å². The monoisotopic (exact) mass is 187 g/mol. The van der Waals surface area contributed by atoms with E-state index in [9.17, 15) is 0 Å². The van der Waals surface area contributed by atoms with Crippen LogP contribution < -0.4 is 5.73 Å². The number of hydrogen-bond donors (Lipinski definition) is 1. The van der Waals surface area contributed by atoms with E-state index >= 15 is 0 Å². The Morgan fingerprint density at radius 1 is 1.15 bits per heavy atom. The average Bonchev–Trinajstić information content (AvgIpc) is 1.82. The molecule has 0 amide bonds. The van der Waals surface area contributed by atoms with E-state index in [2.05, 4.69) is 27.7 Å². The molecular formula is C11H25NO. The molecule has 0 aromatic carbocycles. The van der Waals surface area contributed by atoms with E-state index in [0.29, 0.717) is 5.92 Å². The van der Waals surface area contributed by atoms with Crippen LogP contribution in [-0.4, -0.2) is 17.7 Å². The van der Waals surface area contributed by atoms with Crippen LogP contribution >= 0.6 is 0 Å². The van der Waals surface area contributed by atoms with Crippen LogP contribution in [0.1, 0.15) is 48.0 Å². The second kappa shape index (κ2) is 4.43. The van der Waals surface area contributed by atoms with Gasteiger partial charge in [0.05, 0.1) is 5.60 Å². The maximum atomic E-state index is 5.86. The molecule has 0 unspecified atom stereocenters. The van der Waals surface area contributed by atoms with Crippen molar-refractivity contribution in [1.82, 2.24) is 0 Å². The Balaban J connectivity index is 3.77. The van der Waals surface area contributed by atoms with E-state index < -0.39 is 0 Å². The van der Waals surface area contributed by atoms with Gasteiger partial charge >= 0.3 is 0 Å². The summed E-state index contributed by atoms with van der Waals surface area (Å²) in [4.78, 5) is 0. The Kier molecular flexibility index (Phi) is 4.40. The number of hydrogen-bond acceptors (Lipinski definition) is 2. The quantitative estimate of drug-likeness (QED) is 0.718. The van der Waals surface area contributed by atoms with Crippen molar-refractivity contribution in [3.8, 4) is 0 Å². The Bertz CT molecular complexity index is 145. The summed E-state index contributed by atoms with van der Waals surface area (Å²) in [6.45, 7) is 13.4. The first-order chi connectivity index (χ1) is 5.65. The van der Waals surface area contributed by atoms with Crippen molar-refractivity contribution in [3.63, 3.8) is 0 Å². The van der Waals surface area contributed by atoms with Crippen molar-refractivity contribution in [2.75, 3.05) is 6.61 Å². The molecule has 2 N–H and O–H groups in total. The summed E-state index contributed by atoms with van der Waals surface area (Å²) >= 11 is 0. The number of rotatable bonds is 5. The molecule has 80 valence electrons. The molecule has 0 aliphatic carbocycles. The maximum Gasteiger partial charge on any atom is 0.0649 e. The molecule has 0 fully saturated rings. The van der Waals surface area contributed by atoms with Crippen molar-refractivity contribution in [2.45, 2.75) is 59.1 Å². The molecule has 2 nitrogen and oxygen atoms in total. The minimum absolute atomic E-state index is 0.0365. The zero-order valence-corrected chi connectivity index (χ0v) is 9.98. The van der Waals surface area contributed by atoms with Gasteiger partial charge in [-0.25, -0.2) is 0 Å². The minimum Gasteiger partial charge on any atom is -0.375 e. The molecule has 0 rings (SSSR count). The lowest BCUT2D eigenvalue weighted by Gasteiger charge is -2.31. The molecule has 0 aliphatic heterocycles. The summed E-state index contributed by atoms with van der Waals surface area (Å²) in [5.74, 6) is 0.536. The van der Waals surface area contributed by atoms with Crippen molar-refractivity contribution < 1.29 is 4.74 Å². The van der Waals surface area contributed by atoms with E-state index in [0.717, 1.165) is 13.0 Å². The SMILES string of the molecule is CC(C)C(C)(C)OCCC(C)(C)N. The number of ether oxygens (including phenoxy) is 1. The third-order valence-electron chi connectivity index (χ3n) is 2.61. The first-order valence-corrected chi connectivity index (χ1v) is 5.08. The normalized spacial score (nSPS) is 13.8. The third kappa shape index (κ3) is 6.05. The van der Waals surface area contributed by atoms with Crippen LogP contribution in [0, 0.1) is 5.92 Å². The Morgan fingerprint density at radius 2 is 1.62 bits per heavy atom. The van der Waals surface area contributed by atoms with Crippen LogP contribution in [0.4, 0.5) is 0 Å². The van der Waals surface area contributed by atoms with Gasteiger partial charge in [-0.3, -0.25) is 0 Å². The lowest BCUT2D eigenvalue weighted by molar-refractivity contribution is -0.0548. The van der Waals surface area contributed by atoms with Crippen LogP contribution in [0.15, 0.2) is 0 Å². The van der Waals surface area contributed by atoms with Gasteiger partial charge in [-0.15, -0.1) is 0 Å². The lowest BCUT2D eigenvalue weighted by atomic mass is 9.94. The molecule has 0 aromatic heterocycles. The fourth-order valence-electron chi connectivity index (χ4n) is 0.744. The molecule has 0 spiro atoms. The highest BCUT2D eigenvalue weighted by Crippen LogP contribution is 2.21. The fourth-order valence-corrected chi connectivity index (χ4v) is 0.744. The first-order valence-electron chi connectivity index (χ1n) is 5.08. The van der Waals surface area contributed by atoms with Crippen molar-refractivity contribution in [2.24, 2.45) is 11.7 Å². The molecule has 0 saturated heterocycles. The second-order valence-electron chi connectivity index (χ2n) is 5.35. The van der Waals surface area contributed by atoms with Crippen LogP contribution in [0.5, 0.6) is 0 Å². The lowest BCUT2D eigenvalue weighted by Crippen LogP contribution is -2.37. The van der Waals surface area contributed by atoms with Gasteiger partial charge in [-0.05, 0) is 40.0 Å². The van der Waals surface area contributed by atoms with Gasteiger partial charge in [0.1, 0.15) is 0 Å². The molecule has 0 atom stereocenters. The van der Waals surface area contributed by atoms with Gasteiger partial charge in [0.15, 0.2) is 0 Å². The van der Waals surface area contributed by atoms with E-state index in [1.54, 1.807) is 0 Å². The molecule has 2 heteroatoms. The molecule has 0 aromatic rings. The highest BCUT2D eigenvalue weighted by molar-refractivity contribution is 4.75.